The molecule has 1 aliphatic rings. The normalized spacial score (nSPS) is 21.8. The summed E-state index contributed by atoms with van der Waals surface area (Å²) in [5.74, 6) is 1.26. The van der Waals surface area contributed by atoms with Crippen molar-refractivity contribution in [3.63, 3.8) is 0 Å². The molecule has 2 heteroatoms. The number of hydrogen-bond donors (Lipinski definition) is 0. The van der Waals surface area contributed by atoms with Crippen molar-refractivity contribution < 1.29 is 4.74 Å². The van der Waals surface area contributed by atoms with Crippen LogP contribution in [-0.4, -0.2) is 18.6 Å². The molecule has 1 aliphatic heterocycles. The molecule has 0 N–H and O–H groups in total. The number of benzene rings is 1. The lowest BCUT2D eigenvalue weighted by molar-refractivity contribution is 0.00788. The standard InChI is InChI=1S/C16H23ClO/c1-13(12-15-7-4-5-11-18-15)16-8-3-2-6-14(16)9-10-17/h2-3,6,8,13,15H,4-5,7,9-12H2,1H3. The van der Waals surface area contributed by atoms with E-state index < -0.39 is 0 Å². The number of alkyl halides is 1. The molecular weight excluding hydrogens is 244 g/mol. The Hall–Kier alpha value is -0.530. The van der Waals surface area contributed by atoms with E-state index >= 15 is 0 Å². The first-order valence-corrected chi connectivity index (χ1v) is 7.60. The molecule has 100 valence electrons. The molecule has 0 spiro atoms. The maximum absolute atomic E-state index is 5.88. The van der Waals surface area contributed by atoms with E-state index in [0.29, 0.717) is 17.9 Å². The van der Waals surface area contributed by atoms with Crippen molar-refractivity contribution in [3.8, 4) is 0 Å². The Morgan fingerprint density at radius 2 is 2.17 bits per heavy atom. The van der Waals surface area contributed by atoms with E-state index in [9.17, 15) is 0 Å². The molecule has 0 saturated carbocycles. The Kier molecular flexibility index (Phi) is 5.52. The van der Waals surface area contributed by atoms with Gasteiger partial charge in [-0.25, -0.2) is 0 Å². The lowest BCUT2D eigenvalue weighted by Crippen LogP contribution is -2.21. The van der Waals surface area contributed by atoms with Gasteiger partial charge in [-0.2, -0.15) is 0 Å². The minimum absolute atomic E-state index is 0.456. The predicted molar refractivity (Wildman–Crippen MR) is 77.5 cm³/mol. The number of aryl methyl sites for hydroxylation is 1. The van der Waals surface area contributed by atoms with Crippen molar-refractivity contribution in [1.29, 1.82) is 0 Å². The van der Waals surface area contributed by atoms with Crippen LogP contribution < -0.4 is 0 Å². The van der Waals surface area contributed by atoms with E-state index in [2.05, 4.69) is 31.2 Å². The van der Waals surface area contributed by atoms with Gasteiger partial charge in [-0.05, 0) is 49.1 Å². The summed E-state index contributed by atoms with van der Waals surface area (Å²) in [6, 6.07) is 8.69. The van der Waals surface area contributed by atoms with Crippen LogP contribution in [0.3, 0.4) is 0 Å². The Balaban J connectivity index is 2.00. The lowest BCUT2D eigenvalue weighted by atomic mass is 9.88. The third-order valence-electron chi connectivity index (χ3n) is 3.84. The van der Waals surface area contributed by atoms with Crippen LogP contribution in [0, 0.1) is 0 Å². The Morgan fingerprint density at radius 3 is 2.89 bits per heavy atom. The molecule has 1 nitrogen and oxygen atoms in total. The molecule has 1 aromatic carbocycles. The van der Waals surface area contributed by atoms with Crippen LogP contribution in [0.15, 0.2) is 24.3 Å². The van der Waals surface area contributed by atoms with Crippen LogP contribution >= 0.6 is 11.6 Å². The molecule has 0 radical (unpaired) electrons. The lowest BCUT2D eigenvalue weighted by Gasteiger charge is -2.26. The predicted octanol–water partition coefficient (Wildman–Crippen LogP) is 4.53. The number of rotatable bonds is 5. The van der Waals surface area contributed by atoms with E-state index in [1.807, 2.05) is 0 Å². The fourth-order valence-electron chi connectivity index (χ4n) is 2.86. The average Bonchev–Trinajstić information content (AvgIpc) is 2.41. The zero-order valence-electron chi connectivity index (χ0n) is 11.2. The van der Waals surface area contributed by atoms with Gasteiger partial charge in [-0.1, -0.05) is 31.2 Å². The first-order valence-electron chi connectivity index (χ1n) is 7.06. The third-order valence-corrected chi connectivity index (χ3v) is 4.03. The van der Waals surface area contributed by atoms with Crippen LogP contribution in [-0.2, 0) is 11.2 Å². The summed E-state index contributed by atoms with van der Waals surface area (Å²) in [5, 5.41) is 0. The molecule has 2 unspecified atom stereocenters. The van der Waals surface area contributed by atoms with Crippen molar-refractivity contribution in [1.82, 2.24) is 0 Å². The smallest absolute Gasteiger partial charge is 0.0580 e. The highest BCUT2D eigenvalue weighted by Crippen LogP contribution is 2.28. The number of hydrogen-bond acceptors (Lipinski definition) is 1. The van der Waals surface area contributed by atoms with Crippen LogP contribution in [0.1, 0.15) is 49.7 Å². The maximum atomic E-state index is 5.88. The summed E-state index contributed by atoms with van der Waals surface area (Å²) in [4.78, 5) is 0. The van der Waals surface area contributed by atoms with Crippen LogP contribution in [0.25, 0.3) is 0 Å². The molecule has 18 heavy (non-hydrogen) atoms. The Bertz CT molecular complexity index is 358. The van der Waals surface area contributed by atoms with Gasteiger partial charge in [0.1, 0.15) is 0 Å². The van der Waals surface area contributed by atoms with Crippen molar-refractivity contribution in [2.24, 2.45) is 0 Å². The minimum Gasteiger partial charge on any atom is -0.378 e. The molecule has 2 rings (SSSR count). The summed E-state index contributed by atoms with van der Waals surface area (Å²) in [6.45, 7) is 3.26. The second kappa shape index (κ2) is 7.16. The Morgan fingerprint density at radius 1 is 1.33 bits per heavy atom. The van der Waals surface area contributed by atoms with Gasteiger partial charge in [-0.3, -0.25) is 0 Å². The van der Waals surface area contributed by atoms with Crippen molar-refractivity contribution in [3.05, 3.63) is 35.4 Å². The molecule has 0 bridgehead atoms. The average molecular weight is 267 g/mol. The number of ether oxygens (including phenoxy) is 1. The molecule has 1 aromatic rings. The van der Waals surface area contributed by atoms with E-state index in [1.165, 1.54) is 30.4 Å². The molecule has 2 atom stereocenters. The highest BCUT2D eigenvalue weighted by Gasteiger charge is 2.19. The van der Waals surface area contributed by atoms with E-state index in [1.54, 1.807) is 0 Å². The summed E-state index contributed by atoms with van der Waals surface area (Å²) >= 11 is 5.88. The van der Waals surface area contributed by atoms with Gasteiger partial charge in [0.15, 0.2) is 0 Å². The molecular formula is C16H23ClO. The van der Waals surface area contributed by atoms with E-state index in [4.69, 9.17) is 16.3 Å². The van der Waals surface area contributed by atoms with Crippen molar-refractivity contribution in [2.45, 2.75) is 51.0 Å². The first kappa shape index (κ1) is 13.9. The Labute approximate surface area is 115 Å². The van der Waals surface area contributed by atoms with Crippen LogP contribution in [0.2, 0.25) is 0 Å². The van der Waals surface area contributed by atoms with E-state index in [-0.39, 0.29) is 0 Å². The maximum Gasteiger partial charge on any atom is 0.0580 e. The van der Waals surface area contributed by atoms with Crippen LogP contribution in [0.4, 0.5) is 0 Å². The van der Waals surface area contributed by atoms with Crippen molar-refractivity contribution >= 4 is 11.6 Å². The summed E-state index contributed by atoms with van der Waals surface area (Å²) in [5.41, 5.74) is 2.85. The minimum atomic E-state index is 0.456. The van der Waals surface area contributed by atoms with Gasteiger partial charge in [0, 0.05) is 12.5 Å². The zero-order valence-corrected chi connectivity index (χ0v) is 12.0. The van der Waals surface area contributed by atoms with Gasteiger partial charge >= 0.3 is 0 Å². The second-order valence-corrected chi connectivity index (χ2v) is 5.64. The van der Waals surface area contributed by atoms with Gasteiger partial charge < -0.3 is 4.74 Å². The summed E-state index contributed by atoms with van der Waals surface area (Å²) in [6.07, 6.45) is 6.33. The molecule has 1 heterocycles. The second-order valence-electron chi connectivity index (χ2n) is 5.26. The molecule has 1 saturated heterocycles. The quantitative estimate of drug-likeness (QED) is 0.712. The molecule has 1 fully saturated rings. The van der Waals surface area contributed by atoms with Gasteiger partial charge in [0.05, 0.1) is 6.10 Å². The van der Waals surface area contributed by atoms with E-state index in [0.717, 1.165) is 19.4 Å². The van der Waals surface area contributed by atoms with Gasteiger partial charge in [0.2, 0.25) is 0 Å². The fourth-order valence-corrected chi connectivity index (χ4v) is 3.06. The third kappa shape index (κ3) is 3.73. The fraction of sp³-hybridized carbons (Fsp3) is 0.625. The number of halogens is 1. The highest BCUT2D eigenvalue weighted by molar-refractivity contribution is 6.18. The summed E-state index contributed by atoms with van der Waals surface area (Å²) in [7, 11) is 0. The molecule has 0 aliphatic carbocycles. The molecule has 0 aromatic heterocycles. The monoisotopic (exact) mass is 266 g/mol. The first-order chi connectivity index (χ1) is 8.81. The van der Waals surface area contributed by atoms with Gasteiger partial charge in [-0.15, -0.1) is 11.6 Å². The van der Waals surface area contributed by atoms with Crippen molar-refractivity contribution in [2.75, 3.05) is 12.5 Å². The SMILES string of the molecule is CC(CC1CCCCO1)c1ccccc1CCCl. The van der Waals surface area contributed by atoms with Crippen LogP contribution in [0.5, 0.6) is 0 Å². The summed E-state index contributed by atoms with van der Waals surface area (Å²) < 4.78 is 5.84. The largest absolute Gasteiger partial charge is 0.378 e. The highest BCUT2D eigenvalue weighted by atomic mass is 35.5. The molecule has 0 amide bonds. The van der Waals surface area contributed by atoms with Gasteiger partial charge in [0.25, 0.3) is 0 Å². The topological polar surface area (TPSA) is 9.23 Å². The zero-order chi connectivity index (χ0) is 12.8.